The van der Waals surface area contributed by atoms with E-state index in [1.807, 2.05) is 0 Å². The molecule has 0 heterocycles. The molecule has 0 saturated heterocycles. The quantitative estimate of drug-likeness (QED) is 0.498. The third-order valence-corrected chi connectivity index (χ3v) is 2.84. The van der Waals surface area contributed by atoms with Crippen LogP contribution in [-0.2, 0) is 0 Å². The van der Waals surface area contributed by atoms with E-state index >= 15 is 0 Å². The fourth-order valence-corrected chi connectivity index (χ4v) is 2.25. The molecule has 1 heteroatoms. The second kappa shape index (κ2) is 1.47. The topological polar surface area (TPSA) is 26.0 Å². The number of rotatable bonds is 0. The Kier molecular flexibility index (Phi) is 0.884. The van der Waals surface area contributed by atoms with Crippen LogP contribution in [0.4, 0.5) is 0 Å². The molecule has 0 spiro atoms. The summed E-state index contributed by atoms with van der Waals surface area (Å²) in [6, 6.07) is 0.586. The molecule has 0 bridgehead atoms. The van der Waals surface area contributed by atoms with E-state index in [0.717, 1.165) is 11.8 Å². The summed E-state index contributed by atoms with van der Waals surface area (Å²) in [5, 5.41) is 0. The van der Waals surface area contributed by atoms with Gasteiger partial charge in [-0.25, -0.2) is 0 Å². The molecule has 3 atom stereocenters. The number of hydrogen-bond donors (Lipinski definition) is 1. The highest BCUT2D eigenvalue weighted by Gasteiger charge is 2.41. The lowest BCUT2D eigenvalue weighted by atomic mass is 9.72. The van der Waals surface area contributed by atoms with E-state index in [4.69, 9.17) is 5.73 Å². The minimum Gasteiger partial charge on any atom is -0.327 e. The average Bonchev–Trinajstić information content (AvgIpc) is 2.09. The molecule has 0 aromatic heterocycles. The van der Waals surface area contributed by atoms with Crippen LogP contribution in [0.2, 0.25) is 0 Å². The normalized spacial score (nSPS) is 52.9. The van der Waals surface area contributed by atoms with Gasteiger partial charge in [-0.15, -0.1) is 0 Å². The SMILES string of the molecule is N[C@@H]1C[C@H]2CCC[C@H]21. The van der Waals surface area contributed by atoms with Gasteiger partial charge in [0.05, 0.1) is 0 Å². The van der Waals surface area contributed by atoms with E-state index in [9.17, 15) is 0 Å². The fourth-order valence-electron chi connectivity index (χ4n) is 2.25. The third-order valence-electron chi connectivity index (χ3n) is 2.84. The molecule has 2 rings (SSSR count). The van der Waals surface area contributed by atoms with Crippen LogP contribution < -0.4 is 5.73 Å². The summed E-state index contributed by atoms with van der Waals surface area (Å²) in [6.07, 6.45) is 5.66. The Morgan fingerprint density at radius 2 is 2.12 bits per heavy atom. The zero-order valence-corrected chi connectivity index (χ0v) is 5.14. The first-order chi connectivity index (χ1) is 3.88. The Hall–Kier alpha value is -0.0400. The van der Waals surface area contributed by atoms with Crippen molar-refractivity contribution >= 4 is 0 Å². The highest BCUT2D eigenvalue weighted by Crippen LogP contribution is 2.45. The van der Waals surface area contributed by atoms with Gasteiger partial charge in [0.2, 0.25) is 0 Å². The van der Waals surface area contributed by atoms with Gasteiger partial charge in [0.1, 0.15) is 0 Å². The molecule has 2 fully saturated rings. The van der Waals surface area contributed by atoms with Crippen LogP contribution in [0.3, 0.4) is 0 Å². The van der Waals surface area contributed by atoms with Crippen LogP contribution in [0.1, 0.15) is 25.7 Å². The Labute approximate surface area is 50.3 Å². The van der Waals surface area contributed by atoms with Crippen molar-refractivity contribution < 1.29 is 0 Å². The van der Waals surface area contributed by atoms with E-state index in [2.05, 4.69) is 0 Å². The van der Waals surface area contributed by atoms with Crippen molar-refractivity contribution in [1.29, 1.82) is 0 Å². The molecule has 0 amide bonds. The molecule has 2 saturated carbocycles. The molecule has 46 valence electrons. The standard InChI is InChI=1S/C7H13N/c8-7-4-5-2-1-3-6(5)7/h5-7H,1-4,8H2/t5-,6-,7-/m1/s1. The second-order valence-corrected chi connectivity index (χ2v) is 3.25. The molecule has 2 N–H and O–H groups in total. The Morgan fingerprint density at radius 3 is 2.62 bits per heavy atom. The molecule has 1 nitrogen and oxygen atoms in total. The fraction of sp³-hybridized carbons (Fsp3) is 1.00. The summed E-state index contributed by atoms with van der Waals surface area (Å²) in [6.45, 7) is 0. The van der Waals surface area contributed by atoms with E-state index in [0.29, 0.717) is 6.04 Å². The van der Waals surface area contributed by atoms with Crippen LogP contribution in [-0.4, -0.2) is 6.04 Å². The van der Waals surface area contributed by atoms with E-state index < -0.39 is 0 Å². The summed E-state index contributed by atoms with van der Waals surface area (Å²) >= 11 is 0. The highest BCUT2D eigenvalue weighted by molar-refractivity contribution is 4.95. The summed E-state index contributed by atoms with van der Waals surface area (Å²) < 4.78 is 0. The van der Waals surface area contributed by atoms with Gasteiger partial charge in [-0.2, -0.15) is 0 Å². The summed E-state index contributed by atoms with van der Waals surface area (Å²) in [4.78, 5) is 0. The molecule has 0 radical (unpaired) electrons. The Morgan fingerprint density at radius 1 is 1.25 bits per heavy atom. The molecule has 0 aromatic rings. The van der Waals surface area contributed by atoms with E-state index in [-0.39, 0.29) is 0 Å². The van der Waals surface area contributed by atoms with E-state index in [1.54, 1.807) is 0 Å². The van der Waals surface area contributed by atoms with Gasteiger partial charge in [0.15, 0.2) is 0 Å². The third kappa shape index (κ3) is 0.455. The van der Waals surface area contributed by atoms with Crippen molar-refractivity contribution in [3.8, 4) is 0 Å². The van der Waals surface area contributed by atoms with E-state index in [1.165, 1.54) is 25.7 Å². The summed E-state index contributed by atoms with van der Waals surface area (Å²) in [5.74, 6) is 1.99. The predicted octanol–water partition coefficient (Wildman–Crippen LogP) is 1.13. The van der Waals surface area contributed by atoms with Gasteiger partial charge < -0.3 is 5.73 Å². The first-order valence-corrected chi connectivity index (χ1v) is 3.63. The summed E-state index contributed by atoms with van der Waals surface area (Å²) in [7, 11) is 0. The van der Waals surface area contributed by atoms with Crippen molar-refractivity contribution in [2.45, 2.75) is 31.7 Å². The van der Waals surface area contributed by atoms with Crippen molar-refractivity contribution in [2.75, 3.05) is 0 Å². The monoisotopic (exact) mass is 111 g/mol. The molecule has 0 aromatic carbocycles. The maximum absolute atomic E-state index is 5.76. The van der Waals surface area contributed by atoms with Crippen molar-refractivity contribution in [2.24, 2.45) is 17.6 Å². The van der Waals surface area contributed by atoms with Crippen LogP contribution >= 0.6 is 0 Å². The zero-order chi connectivity index (χ0) is 5.56. The molecular formula is C7H13N. The highest BCUT2D eigenvalue weighted by atomic mass is 14.7. The van der Waals surface area contributed by atoms with Crippen molar-refractivity contribution in [3.63, 3.8) is 0 Å². The number of hydrogen-bond acceptors (Lipinski definition) is 1. The predicted molar refractivity (Wildman–Crippen MR) is 33.4 cm³/mol. The lowest BCUT2D eigenvalue weighted by molar-refractivity contribution is 0.173. The molecule has 8 heavy (non-hydrogen) atoms. The maximum Gasteiger partial charge on any atom is 0.00725 e. The Balaban J connectivity index is 2.02. The average molecular weight is 111 g/mol. The Bertz CT molecular complexity index is 101. The van der Waals surface area contributed by atoms with Gasteiger partial charge in [0, 0.05) is 6.04 Å². The lowest BCUT2D eigenvalue weighted by Crippen LogP contribution is -2.44. The van der Waals surface area contributed by atoms with Crippen molar-refractivity contribution in [1.82, 2.24) is 0 Å². The van der Waals surface area contributed by atoms with Crippen LogP contribution in [0.15, 0.2) is 0 Å². The van der Waals surface area contributed by atoms with Crippen LogP contribution in [0.5, 0.6) is 0 Å². The second-order valence-electron chi connectivity index (χ2n) is 3.25. The van der Waals surface area contributed by atoms with Gasteiger partial charge in [-0.3, -0.25) is 0 Å². The first-order valence-electron chi connectivity index (χ1n) is 3.63. The minimum atomic E-state index is 0.586. The molecule has 0 unspecified atom stereocenters. The molecule has 0 aliphatic heterocycles. The minimum absolute atomic E-state index is 0.586. The largest absolute Gasteiger partial charge is 0.327 e. The number of fused-ring (bicyclic) bond motifs is 1. The van der Waals surface area contributed by atoms with Crippen molar-refractivity contribution in [3.05, 3.63) is 0 Å². The maximum atomic E-state index is 5.76. The lowest BCUT2D eigenvalue weighted by Gasteiger charge is -2.37. The molecule has 2 aliphatic carbocycles. The first kappa shape index (κ1) is 4.80. The summed E-state index contributed by atoms with van der Waals surface area (Å²) in [5.41, 5.74) is 5.76. The zero-order valence-electron chi connectivity index (χ0n) is 5.14. The van der Waals surface area contributed by atoms with Crippen LogP contribution in [0.25, 0.3) is 0 Å². The van der Waals surface area contributed by atoms with Gasteiger partial charge in [0.25, 0.3) is 0 Å². The van der Waals surface area contributed by atoms with Gasteiger partial charge in [-0.1, -0.05) is 12.8 Å². The molecular weight excluding hydrogens is 98.1 g/mol. The van der Waals surface area contributed by atoms with Gasteiger partial charge >= 0.3 is 0 Å². The smallest absolute Gasteiger partial charge is 0.00725 e. The molecule has 2 aliphatic rings. The van der Waals surface area contributed by atoms with Gasteiger partial charge in [-0.05, 0) is 24.7 Å². The number of nitrogens with two attached hydrogens (primary N) is 1. The van der Waals surface area contributed by atoms with Crippen LogP contribution in [0, 0.1) is 11.8 Å².